The molecule has 0 aliphatic carbocycles. The number of likely N-dealkylation sites (N-methyl/N-ethyl adjacent to an activating group) is 1. The summed E-state index contributed by atoms with van der Waals surface area (Å²) in [6, 6.07) is 11.3. The number of hydrogen-bond donors (Lipinski definition) is 0. The molecule has 0 aliphatic rings. The second kappa shape index (κ2) is 10.7. The van der Waals surface area contributed by atoms with Crippen molar-refractivity contribution in [2.45, 2.75) is 24.1 Å². The fourth-order valence-corrected chi connectivity index (χ4v) is 4.38. The summed E-state index contributed by atoms with van der Waals surface area (Å²) in [7, 11) is 1.49. The third-order valence-electron chi connectivity index (χ3n) is 4.35. The molecule has 162 valence electrons. The lowest BCUT2D eigenvalue weighted by atomic mass is 10.2. The Kier molecular flexibility index (Phi) is 8.06. The average molecular weight is 479 g/mol. The molecular weight excluding hydrogens is 459 g/mol. The zero-order chi connectivity index (χ0) is 22.4. The van der Waals surface area contributed by atoms with E-state index in [-0.39, 0.29) is 17.1 Å². The molecule has 0 saturated heterocycles. The van der Waals surface area contributed by atoms with Gasteiger partial charge in [-0.3, -0.25) is 4.79 Å². The van der Waals surface area contributed by atoms with Crippen LogP contribution in [0.25, 0.3) is 0 Å². The summed E-state index contributed by atoms with van der Waals surface area (Å²) in [5.41, 5.74) is 1.59. The van der Waals surface area contributed by atoms with Crippen molar-refractivity contribution in [1.29, 1.82) is 0 Å². The molecule has 9 heteroatoms. The van der Waals surface area contributed by atoms with Crippen LogP contribution in [0, 0.1) is 12.7 Å². The van der Waals surface area contributed by atoms with Crippen LogP contribution in [0.4, 0.5) is 4.39 Å². The highest BCUT2D eigenvalue weighted by Crippen LogP contribution is 2.24. The SMILES string of the molecule is Cc1nc(CSc2ccc(C(=O)OCC(=O)N(C)Cc3c(F)cccc3Cl)cc2)cs1. The molecule has 3 rings (SSSR count). The Morgan fingerprint density at radius 3 is 2.61 bits per heavy atom. The Morgan fingerprint density at radius 2 is 1.97 bits per heavy atom. The number of esters is 1. The normalized spacial score (nSPS) is 10.7. The molecule has 5 nitrogen and oxygen atoms in total. The van der Waals surface area contributed by atoms with E-state index >= 15 is 0 Å². The molecule has 0 N–H and O–H groups in total. The molecule has 0 aliphatic heterocycles. The number of ether oxygens (including phenoxy) is 1. The van der Waals surface area contributed by atoms with Crippen molar-refractivity contribution in [1.82, 2.24) is 9.88 Å². The van der Waals surface area contributed by atoms with E-state index in [4.69, 9.17) is 16.3 Å². The summed E-state index contributed by atoms with van der Waals surface area (Å²) in [5.74, 6) is -0.802. The monoisotopic (exact) mass is 478 g/mol. The quantitative estimate of drug-likeness (QED) is 0.322. The molecule has 1 aromatic heterocycles. The van der Waals surface area contributed by atoms with Gasteiger partial charge in [0.15, 0.2) is 6.61 Å². The van der Waals surface area contributed by atoms with Gasteiger partial charge in [0.2, 0.25) is 0 Å². The number of hydrogen-bond acceptors (Lipinski definition) is 6. The second-order valence-corrected chi connectivity index (χ2v) is 9.22. The molecule has 1 heterocycles. The Hall–Kier alpha value is -2.42. The maximum Gasteiger partial charge on any atom is 0.338 e. The Morgan fingerprint density at radius 1 is 1.23 bits per heavy atom. The molecule has 0 bridgehead atoms. The van der Waals surface area contributed by atoms with Gasteiger partial charge in [0.1, 0.15) is 5.82 Å². The maximum absolute atomic E-state index is 13.9. The molecule has 0 atom stereocenters. The van der Waals surface area contributed by atoms with Crippen LogP contribution >= 0.6 is 34.7 Å². The molecule has 0 saturated carbocycles. The van der Waals surface area contributed by atoms with Gasteiger partial charge in [-0.25, -0.2) is 14.2 Å². The van der Waals surface area contributed by atoms with Gasteiger partial charge in [0.05, 0.1) is 16.3 Å². The summed E-state index contributed by atoms with van der Waals surface area (Å²) < 4.78 is 19.0. The van der Waals surface area contributed by atoms with Crippen LogP contribution < -0.4 is 0 Å². The highest BCUT2D eigenvalue weighted by molar-refractivity contribution is 7.98. The van der Waals surface area contributed by atoms with Gasteiger partial charge in [-0.15, -0.1) is 23.1 Å². The van der Waals surface area contributed by atoms with Crippen LogP contribution in [0.2, 0.25) is 5.02 Å². The third-order valence-corrected chi connectivity index (χ3v) is 6.57. The summed E-state index contributed by atoms with van der Waals surface area (Å²) in [6.07, 6.45) is 0. The number of carbonyl (C=O) groups is 2. The molecule has 0 fully saturated rings. The number of benzene rings is 2. The first-order chi connectivity index (χ1) is 14.8. The standard InChI is InChI=1S/C22H20ClFN2O3S2/c1-14-25-16(12-30-14)13-31-17-8-6-15(7-9-17)22(28)29-11-21(27)26(2)10-18-19(23)4-3-5-20(18)24/h3-9,12H,10-11,13H2,1-2H3. The van der Waals surface area contributed by atoms with Crippen molar-refractivity contribution in [3.63, 3.8) is 0 Å². The van der Waals surface area contributed by atoms with Gasteiger partial charge in [-0.05, 0) is 43.3 Å². The summed E-state index contributed by atoms with van der Waals surface area (Å²) >= 11 is 9.23. The summed E-state index contributed by atoms with van der Waals surface area (Å²) in [6.45, 7) is 1.50. The smallest absolute Gasteiger partial charge is 0.338 e. The van der Waals surface area contributed by atoms with E-state index < -0.39 is 24.3 Å². The molecular formula is C22H20ClFN2O3S2. The van der Waals surface area contributed by atoms with Crippen LogP contribution in [-0.2, 0) is 21.8 Å². The minimum atomic E-state index is -0.600. The van der Waals surface area contributed by atoms with Crippen LogP contribution in [0.3, 0.4) is 0 Å². The first-order valence-electron chi connectivity index (χ1n) is 9.31. The van der Waals surface area contributed by atoms with E-state index in [1.807, 2.05) is 24.4 Å². The minimum Gasteiger partial charge on any atom is -0.452 e. The number of aryl methyl sites for hydroxylation is 1. The van der Waals surface area contributed by atoms with Crippen molar-refractivity contribution >= 4 is 46.6 Å². The maximum atomic E-state index is 13.9. The highest BCUT2D eigenvalue weighted by Gasteiger charge is 2.17. The predicted molar refractivity (Wildman–Crippen MR) is 121 cm³/mol. The lowest BCUT2D eigenvalue weighted by Crippen LogP contribution is -2.31. The van der Waals surface area contributed by atoms with Gasteiger partial charge < -0.3 is 9.64 Å². The second-order valence-electron chi connectivity index (χ2n) is 6.70. The zero-order valence-corrected chi connectivity index (χ0v) is 19.3. The minimum absolute atomic E-state index is 0.0215. The van der Waals surface area contributed by atoms with Crippen LogP contribution in [-0.4, -0.2) is 35.4 Å². The summed E-state index contributed by atoms with van der Waals surface area (Å²) in [4.78, 5) is 31.2. The first-order valence-corrected chi connectivity index (χ1v) is 11.6. The number of amides is 1. The molecule has 0 spiro atoms. The van der Waals surface area contributed by atoms with E-state index in [1.54, 1.807) is 41.3 Å². The van der Waals surface area contributed by atoms with E-state index in [0.717, 1.165) is 21.3 Å². The Balaban J connectivity index is 1.48. The fraction of sp³-hybridized carbons (Fsp3) is 0.227. The number of carbonyl (C=O) groups excluding carboxylic acids is 2. The van der Waals surface area contributed by atoms with Crippen LogP contribution in [0.1, 0.15) is 26.6 Å². The number of halogens is 2. The van der Waals surface area contributed by atoms with Gasteiger partial charge in [0, 0.05) is 40.2 Å². The summed E-state index contributed by atoms with van der Waals surface area (Å²) in [5, 5.41) is 3.30. The van der Waals surface area contributed by atoms with Crippen molar-refractivity contribution in [3.05, 3.63) is 80.5 Å². The van der Waals surface area contributed by atoms with Crippen molar-refractivity contribution in [2.75, 3.05) is 13.7 Å². The Labute approximate surface area is 193 Å². The first kappa shape index (κ1) is 23.2. The lowest BCUT2D eigenvalue weighted by molar-refractivity contribution is -0.133. The Bertz CT molecular complexity index is 1050. The number of nitrogens with zero attached hydrogens (tertiary/aromatic N) is 2. The van der Waals surface area contributed by atoms with Crippen LogP contribution in [0.5, 0.6) is 0 Å². The van der Waals surface area contributed by atoms with Crippen molar-refractivity contribution in [2.24, 2.45) is 0 Å². The van der Waals surface area contributed by atoms with Crippen molar-refractivity contribution in [3.8, 4) is 0 Å². The number of thiazole rings is 1. The van der Waals surface area contributed by atoms with E-state index in [0.29, 0.717) is 5.56 Å². The zero-order valence-electron chi connectivity index (χ0n) is 16.9. The van der Waals surface area contributed by atoms with Crippen LogP contribution in [0.15, 0.2) is 52.7 Å². The molecule has 31 heavy (non-hydrogen) atoms. The van der Waals surface area contributed by atoms with Gasteiger partial charge >= 0.3 is 5.97 Å². The fourth-order valence-electron chi connectivity index (χ4n) is 2.65. The number of thioether (sulfide) groups is 1. The molecule has 3 aromatic rings. The van der Waals surface area contributed by atoms with E-state index in [2.05, 4.69) is 4.98 Å². The number of aromatic nitrogens is 1. The molecule has 2 aromatic carbocycles. The van der Waals surface area contributed by atoms with Crippen molar-refractivity contribution < 1.29 is 18.7 Å². The number of rotatable bonds is 8. The van der Waals surface area contributed by atoms with Gasteiger partial charge in [-0.1, -0.05) is 17.7 Å². The largest absolute Gasteiger partial charge is 0.452 e. The molecule has 0 radical (unpaired) electrons. The van der Waals surface area contributed by atoms with E-state index in [9.17, 15) is 14.0 Å². The lowest BCUT2D eigenvalue weighted by Gasteiger charge is -2.18. The van der Waals surface area contributed by atoms with Gasteiger partial charge in [-0.2, -0.15) is 0 Å². The molecule has 1 amide bonds. The average Bonchev–Trinajstić information content (AvgIpc) is 3.18. The highest BCUT2D eigenvalue weighted by atomic mass is 35.5. The third kappa shape index (κ3) is 6.53. The predicted octanol–water partition coefficient (Wildman–Crippen LogP) is 5.35. The van der Waals surface area contributed by atoms with Gasteiger partial charge in [0.25, 0.3) is 5.91 Å². The van der Waals surface area contributed by atoms with E-state index in [1.165, 1.54) is 24.1 Å². The topological polar surface area (TPSA) is 59.5 Å². The molecule has 0 unspecified atom stereocenters.